The largest absolute Gasteiger partial charge is 0.425 e. The van der Waals surface area contributed by atoms with E-state index < -0.39 is 5.97 Å². The highest BCUT2D eigenvalue weighted by molar-refractivity contribution is 6.34. The summed E-state index contributed by atoms with van der Waals surface area (Å²) in [6, 6.07) is 13.1. The molecule has 0 saturated carbocycles. The molecular weight excluding hydrogens is 346 g/mol. The van der Waals surface area contributed by atoms with Crippen LogP contribution in [-0.2, 0) is 11.3 Å². The maximum Gasteiger partial charge on any atom is 0.333 e. The number of halogens is 1. The van der Waals surface area contributed by atoms with Gasteiger partial charge >= 0.3 is 5.97 Å². The zero-order valence-electron chi connectivity index (χ0n) is 12.8. The summed E-state index contributed by atoms with van der Waals surface area (Å²) in [5.41, 5.74) is 0.923. The fraction of sp³-hybridized carbons (Fsp3) is 0.0625. The minimum Gasteiger partial charge on any atom is -0.425 e. The summed E-state index contributed by atoms with van der Waals surface area (Å²) < 4.78 is 6.41. The molecule has 8 nitrogen and oxygen atoms in total. The minimum absolute atomic E-state index is 0.0992. The van der Waals surface area contributed by atoms with Gasteiger partial charge in [-0.15, -0.1) is 5.10 Å². The molecule has 0 unspecified atom stereocenters. The van der Waals surface area contributed by atoms with Crippen LogP contribution in [0.25, 0.3) is 0 Å². The van der Waals surface area contributed by atoms with Crippen LogP contribution in [0.1, 0.15) is 10.4 Å². The van der Waals surface area contributed by atoms with E-state index >= 15 is 0 Å². The van der Waals surface area contributed by atoms with E-state index in [4.69, 9.17) is 16.3 Å². The van der Waals surface area contributed by atoms with Crippen molar-refractivity contribution in [1.82, 2.24) is 20.2 Å². The van der Waals surface area contributed by atoms with Gasteiger partial charge in [0.05, 0.1) is 10.6 Å². The predicted octanol–water partition coefficient (Wildman–Crippen LogP) is 2.18. The van der Waals surface area contributed by atoms with Crippen LogP contribution in [-0.4, -0.2) is 32.1 Å². The molecule has 0 fully saturated rings. The molecule has 1 aromatic heterocycles. The first-order valence-electron chi connectivity index (χ1n) is 7.19. The third-order valence-electron chi connectivity index (χ3n) is 3.14. The molecule has 0 radical (unpaired) electrons. The SMILES string of the molecule is O=C(Cn1cnnn1)Oc1ccc(NC(=O)c2ccccc2Cl)cc1. The summed E-state index contributed by atoms with van der Waals surface area (Å²) >= 11 is 5.99. The Morgan fingerprint density at radius 1 is 1.12 bits per heavy atom. The van der Waals surface area contributed by atoms with E-state index in [1.807, 2.05) is 0 Å². The van der Waals surface area contributed by atoms with Crippen LogP contribution in [0.2, 0.25) is 5.02 Å². The Balaban J connectivity index is 1.59. The lowest BCUT2D eigenvalue weighted by molar-refractivity contribution is -0.135. The zero-order chi connectivity index (χ0) is 17.6. The number of carbonyl (C=O) groups excluding carboxylic acids is 2. The van der Waals surface area contributed by atoms with Gasteiger partial charge in [0.25, 0.3) is 5.91 Å². The van der Waals surface area contributed by atoms with Crippen molar-refractivity contribution in [3.63, 3.8) is 0 Å². The molecule has 0 atom stereocenters. The van der Waals surface area contributed by atoms with Crippen molar-refractivity contribution in [2.45, 2.75) is 6.54 Å². The Kier molecular flexibility index (Phi) is 5.00. The smallest absolute Gasteiger partial charge is 0.333 e. The number of esters is 1. The molecule has 3 aromatic rings. The molecule has 126 valence electrons. The lowest BCUT2D eigenvalue weighted by Crippen LogP contribution is -2.17. The van der Waals surface area contributed by atoms with Crippen LogP contribution in [0.4, 0.5) is 5.69 Å². The maximum absolute atomic E-state index is 12.2. The molecule has 1 heterocycles. The van der Waals surface area contributed by atoms with E-state index in [1.165, 1.54) is 11.0 Å². The Bertz CT molecular complexity index is 881. The fourth-order valence-corrected chi connectivity index (χ4v) is 2.22. The van der Waals surface area contributed by atoms with Gasteiger partial charge in [-0.2, -0.15) is 0 Å². The quantitative estimate of drug-likeness (QED) is 0.555. The van der Waals surface area contributed by atoms with Crippen LogP contribution < -0.4 is 10.1 Å². The lowest BCUT2D eigenvalue weighted by Gasteiger charge is -2.08. The monoisotopic (exact) mass is 357 g/mol. The van der Waals surface area contributed by atoms with Crippen molar-refractivity contribution < 1.29 is 14.3 Å². The summed E-state index contributed by atoms with van der Waals surface area (Å²) in [5, 5.41) is 13.5. The highest BCUT2D eigenvalue weighted by Crippen LogP contribution is 2.19. The van der Waals surface area contributed by atoms with Gasteiger partial charge in [-0.25, -0.2) is 9.48 Å². The minimum atomic E-state index is -0.514. The Morgan fingerprint density at radius 3 is 2.56 bits per heavy atom. The molecular formula is C16H12ClN5O3. The van der Waals surface area contributed by atoms with Gasteiger partial charge in [0.15, 0.2) is 0 Å². The second kappa shape index (κ2) is 7.54. The molecule has 3 rings (SSSR count). The molecule has 0 saturated heterocycles. The van der Waals surface area contributed by atoms with Gasteiger partial charge in [-0.1, -0.05) is 23.7 Å². The van der Waals surface area contributed by atoms with Crippen LogP contribution >= 0.6 is 11.6 Å². The first kappa shape index (κ1) is 16.6. The Hall–Kier alpha value is -3.26. The fourth-order valence-electron chi connectivity index (χ4n) is 2.00. The van der Waals surface area contributed by atoms with Crippen molar-refractivity contribution in [3.8, 4) is 5.75 Å². The van der Waals surface area contributed by atoms with Crippen molar-refractivity contribution in [2.24, 2.45) is 0 Å². The number of rotatable bonds is 5. The van der Waals surface area contributed by atoms with Crippen LogP contribution in [0.15, 0.2) is 54.9 Å². The molecule has 25 heavy (non-hydrogen) atoms. The normalized spacial score (nSPS) is 10.3. The molecule has 0 bridgehead atoms. The van der Waals surface area contributed by atoms with Gasteiger partial charge < -0.3 is 10.1 Å². The zero-order valence-corrected chi connectivity index (χ0v) is 13.6. The molecule has 0 aliphatic heterocycles. The van der Waals surface area contributed by atoms with Crippen LogP contribution in [0, 0.1) is 0 Å². The number of aromatic nitrogens is 4. The molecule has 2 aromatic carbocycles. The van der Waals surface area contributed by atoms with Gasteiger partial charge in [-0.05, 0) is 46.8 Å². The number of amides is 1. The lowest BCUT2D eigenvalue weighted by atomic mass is 10.2. The molecule has 0 aliphatic carbocycles. The average molecular weight is 358 g/mol. The summed E-state index contributed by atoms with van der Waals surface area (Å²) in [6.07, 6.45) is 1.31. The van der Waals surface area contributed by atoms with E-state index in [0.717, 1.165) is 0 Å². The number of hydrogen-bond acceptors (Lipinski definition) is 6. The molecule has 1 N–H and O–H groups in total. The topological polar surface area (TPSA) is 99.0 Å². The van der Waals surface area contributed by atoms with Crippen molar-refractivity contribution in [3.05, 3.63) is 65.4 Å². The number of ether oxygens (including phenoxy) is 1. The highest BCUT2D eigenvalue weighted by atomic mass is 35.5. The van der Waals surface area contributed by atoms with E-state index in [-0.39, 0.29) is 12.5 Å². The summed E-state index contributed by atoms with van der Waals surface area (Å²) in [5.74, 6) is -0.497. The van der Waals surface area contributed by atoms with Crippen LogP contribution in [0.3, 0.4) is 0 Å². The number of nitrogens with one attached hydrogen (secondary N) is 1. The van der Waals surface area contributed by atoms with E-state index in [1.54, 1.807) is 48.5 Å². The third-order valence-corrected chi connectivity index (χ3v) is 3.47. The highest BCUT2D eigenvalue weighted by Gasteiger charge is 2.11. The average Bonchev–Trinajstić information content (AvgIpc) is 3.10. The first-order valence-corrected chi connectivity index (χ1v) is 7.57. The number of nitrogens with zero attached hydrogens (tertiary/aromatic N) is 4. The van der Waals surface area contributed by atoms with E-state index in [2.05, 4.69) is 20.8 Å². The van der Waals surface area contributed by atoms with Gasteiger partial charge in [0, 0.05) is 5.69 Å². The standard InChI is InChI=1S/C16H12ClN5O3/c17-14-4-2-1-3-13(14)16(24)19-11-5-7-12(8-6-11)25-15(23)9-22-10-18-20-21-22/h1-8,10H,9H2,(H,19,24). The molecule has 0 aliphatic rings. The van der Waals surface area contributed by atoms with Crippen molar-refractivity contribution in [1.29, 1.82) is 0 Å². The molecule has 0 spiro atoms. The molecule has 1 amide bonds. The summed E-state index contributed by atoms with van der Waals surface area (Å²) in [6.45, 7) is -0.0992. The molecule has 9 heteroatoms. The van der Waals surface area contributed by atoms with Gasteiger partial charge in [0.2, 0.25) is 0 Å². The number of carbonyl (C=O) groups is 2. The van der Waals surface area contributed by atoms with Crippen molar-refractivity contribution in [2.75, 3.05) is 5.32 Å². The predicted molar refractivity (Wildman–Crippen MR) is 89.3 cm³/mol. The second-order valence-corrected chi connectivity index (χ2v) is 5.35. The third kappa shape index (κ3) is 4.39. The maximum atomic E-state index is 12.2. The van der Waals surface area contributed by atoms with Crippen molar-refractivity contribution >= 4 is 29.2 Å². The first-order chi connectivity index (χ1) is 12.1. The Morgan fingerprint density at radius 2 is 1.88 bits per heavy atom. The van der Waals surface area contributed by atoms with E-state index in [9.17, 15) is 9.59 Å². The van der Waals surface area contributed by atoms with Gasteiger partial charge in [-0.3, -0.25) is 4.79 Å². The number of anilines is 1. The number of hydrogen-bond donors (Lipinski definition) is 1. The Labute approximate surface area is 147 Å². The van der Waals surface area contributed by atoms with Gasteiger partial charge in [0.1, 0.15) is 18.6 Å². The number of benzene rings is 2. The summed E-state index contributed by atoms with van der Waals surface area (Å²) in [4.78, 5) is 23.9. The van der Waals surface area contributed by atoms with Crippen LogP contribution in [0.5, 0.6) is 5.75 Å². The number of tetrazole rings is 1. The summed E-state index contributed by atoms with van der Waals surface area (Å²) in [7, 11) is 0. The van der Waals surface area contributed by atoms with E-state index in [0.29, 0.717) is 22.0 Å². The second-order valence-electron chi connectivity index (χ2n) is 4.94.